The van der Waals surface area contributed by atoms with Crippen LogP contribution in [0.5, 0.6) is 5.75 Å². The number of hydrogen-bond acceptors (Lipinski definition) is 3. The summed E-state index contributed by atoms with van der Waals surface area (Å²) < 4.78 is 18.3. The first kappa shape index (κ1) is 11.5. The minimum absolute atomic E-state index is 0.424. The van der Waals surface area contributed by atoms with Gasteiger partial charge in [0.05, 0.1) is 6.20 Å². The van der Waals surface area contributed by atoms with E-state index < -0.39 is 5.95 Å². The van der Waals surface area contributed by atoms with Crippen LogP contribution in [0.3, 0.4) is 0 Å². The summed E-state index contributed by atoms with van der Waals surface area (Å²) in [5, 5.41) is 0.424. The summed E-state index contributed by atoms with van der Waals surface area (Å²) in [5.74, 6) is 0.137. The highest BCUT2D eigenvalue weighted by Gasteiger charge is 2.22. The lowest BCUT2D eigenvalue weighted by molar-refractivity contribution is 0.315. The van der Waals surface area contributed by atoms with Crippen molar-refractivity contribution in [2.75, 3.05) is 6.61 Å². The second kappa shape index (κ2) is 4.98. The quantitative estimate of drug-likeness (QED) is 0.791. The molecular formula is C14H12FNOS. The standard InChI is InChI=1S/C14H12FNOS/c15-14-6-5-11(8-16-14)17-9-12-7-10-3-1-2-4-13(10)18-12/h1-6,8,12H,7,9H2. The molecular weight excluding hydrogens is 249 g/mol. The molecule has 2 nitrogen and oxygen atoms in total. The van der Waals surface area contributed by atoms with Crippen molar-refractivity contribution in [3.8, 4) is 5.75 Å². The largest absolute Gasteiger partial charge is 0.491 e. The molecule has 0 saturated heterocycles. The molecule has 2 aromatic rings. The van der Waals surface area contributed by atoms with Gasteiger partial charge < -0.3 is 4.74 Å². The Kier molecular flexibility index (Phi) is 3.19. The zero-order valence-electron chi connectivity index (χ0n) is 9.67. The molecule has 1 unspecified atom stereocenters. The van der Waals surface area contributed by atoms with E-state index in [4.69, 9.17) is 4.74 Å². The van der Waals surface area contributed by atoms with Crippen molar-refractivity contribution in [3.63, 3.8) is 0 Å². The van der Waals surface area contributed by atoms with Crippen LogP contribution in [0.1, 0.15) is 5.56 Å². The van der Waals surface area contributed by atoms with Crippen molar-refractivity contribution >= 4 is 11.8 Å². The van der Waals surface area contributed by atoms with Crippen LogP contribution in [-0.4, -0.2) is 16.8 Å². The van der Waals surface area contributed by atoms with E-state index in [0.29, 0.717) is 17.6 Å². The Balaban J connectivity index is 1.58. The van der Waals surface area contributed by atoms with E-state index in [9.17, 15) is 4.39 Å². The summed E-state index contributed by atoms with van der Waals surface area (Å²) >= 11 is 1.84. The van der Waals surface area contributed by atoms with Crippen molar-refractivity contribution in [3.05, 3.63) is 54.1 Å². The summed E-state index contributed by atoms with van der Waals surface area (Å²) in [6.07, 6.45) is 2.44. The fourth-order valence-corrected chi connectivity index (χ4v) is 3.20. The molecule has 0 amide bonds. The van der Waals surface area contributed by atoms with Gasteiger partial charge in [0, 0.05) is 10.1 Å². The van der Waals surface area contributed by atoms with Crippen LogP contribution in [0.2, 0.25) is 0 Å². The molecule has 1 atom stereocenters. The number of hydrogen-bond donors (Lipinski definition) is 0. The lowest BCUT2D eigenvalue weighted by atomic mass is 10.1. The predicted octanol–water partition coefficient (Wildman–Crippen LogP) is 3.32. The molecule has 0 spiro atoms. The van der Waals surface area contributed by atoms with Gasteiger partial charge >= 0.3 is 0 Å². The van der Waals surface area contributed by atoms with Gasteiger partial charge in [-0.05, 0) is 30.2 Å². The molecule has 0 saturated carbocycles. The van der Waals surface area contributed by atoms with E-state index in [1.165, 1.54) is 22.7 Å². The average Bonchev–Trinajstić information content (AvgIpc) is 2.81. The molecule has 1 aliphatic rings. The van der Waals surface area contributed by atoms with Crippen LogP contribution in [0.15, 0.2) is 47.5 Å². The number of benzene rings is 1. The van der Waals surface area contributed by atoms with Gasteiger partial charge in [-0.15, -0.1) is 11.8 Å². The SMILES string of the molecule is Fc1ccc(OCC2Cc3ccccc3S2)cn1. The topological polar surface area (TPSA) is 22.1 Å². The molecule has 0 radical (unpaired) electrons. The third-order valence-electron chi connectivity index (χ3n) is 2.85. The lowest BCUT2D eigenvalue weighted by Crippen LogP contribution is -2.13. The van der Waals surface area contributed by atoms with Crippen LogP contribution in [0, 0.1) is 5.95 Å². The second-order valence-electron chi connectivity index (χ2n) is 4.18. The summed E-state index contributed by atoms with van der Waals surface area (Å²) in [7, 11) is 0. The van der Waals surface area contributed by atoms with Gasteiger partial charge in [0.25, 0.3) is 0 Å². The Hall–Kier alpha value is -1.55. The monoisotopic (exact) mass is 261 g/mol. The van der Waals surface area contributed by atoms with E-state index >= 15 is 0 Å². The minimum Gasteiger partial charge on any atom is -0.491 e. The maximum atomic E-state index is 12.6. The number of fused-ring (bicyclic) bond motifs is 1. The van der Waals surface area contributed by atoms with Gasteiger partial charge in [-0.1, -0.05) is 18.2 Å². The number of thioether (sulfide) groups is 1. The Bertz CT molecular complexity index is 519. The van der Waals surface area contributed by atoms with Gasteiger partial charge in [-0.2, -0.15) is 4.39 Å². The van der Waals surface area contributed by atoms with Gasteiger partial charge in [-0.25, -0.2) is 4.98 Å². The van der Waals surface area contributed by atoms with Gasteiger partial charge in [-0.3, -0.25) is 0 Å². The zero-order valence-corrected chi connectivity index (χ0v) is 10.5. The molecule has 1 aromatic heterocycles. The number of rotatable bonds is 3. The van der Waals surface area contributed by atoms with Crippen LogP contribution in [0.4, 0.5) is 4.39 Å². The first-order chi connectivity index (χ1) is 8.81. The molecule has 0 aliphatic carbocycles. The Morgan fingerprint density at radius 3 is 2.94 bits per heavy atom. The van der Waals surface area contributed by atoms with Crippen molar-refractivity contribution in [1.82, 2.24) is 4.98 Å². The number of nitrogens with zero attached hydrogens (tertiary/aromatic N) is 1. The molecule has 0 bridgehead atoms. The smallest absolute Gasteiger partial charge is 0.213 e. The van der Waals surface area contributed by atoms with Crippen molar-refractivity contribution in [2.45, 2.75) is 16.6 Å². The molecule has 3 rings (SSSR count). The number of ether oxygens (including phenoxy) is 1. The van der Waals surface area contributed by atoms with Crippen LogP contribution < -0.4 is 4.74 Å². The molecule has 1 aromatic carbocycles. The molecule has 1 aliphatic heterocycles. The molecule has 0 N–H and O–H groups in total. The fraction of sp³-hybridized carbons (Fsp3) is 0.214. The number of pyridine rings is 1. The van der Waals surface area contributed by atoms with Crippen molar-refractivity contribution < 1.29 is 9.13 Å². The van der Waals surface area contributed by atoms with Crippen LogP contribution in [-0.2, 0) is 6.42 Å². The van der Waals surface area contributed by atoms with Crippen LogP contribution in [0.25, 0.3) is 0 Å². The van der Waals surface area contributed by atoms with Crippen molar-refractivity contribution in [1.29, 1.82) is 0 Å². The van der Waals surface area contributed by atoms with E-state index in [1.54, 1.807) is 6.07 Å². The number of halogens is 1. The van der Waals surface area contributed by atoms with Crippen molar-refractivity contribution in [2.24, 2.45) is 0 Å². The minimum atomic E-state index is -0.481. The Morgan fingerprint density at radius 1 is 1.28 bits per heavy atom. The summed E-state index contributed by atoms with van der Waals surface area (Å²) in [6, 6.07) is 11.3. The van der Waals surface area contributed by atoms with E-state index in [1.807, 2.05) is 11.8 Å². The number of aromatic nitrogens is 1. The van der Waals surface area contributed by atoms with Gasteiger partial charge in [0.15, 0.2) is 0 Å². The Labute approximate surface area is 109 Å². The van der Waals surface area contributed by atoms with E-state index in [-0.39, 0.29) is 0 Å². The summed E-state index contributed by atoms with van der Waals surface area (Å²) in [4.78, 5) is 4.90. The average molecular weight is 261 g/mol. The molecule has 18 heavy (non-hydrogen) atoms. The lowest BCUT2D eigenvalue weighted by Gasteiger charge is -2.10. The fourth-order valence-electron chi connectivity index (χ4n) is 1.98. The third kappa shape index (κ3) is 2.48. The second-order valence-corrected chi connectivity index (χ2v) is 5.52. The normalized spacial score (nSPS) is 17.5. The molecule has 2 heterocycles. The maximum Gasteiger partial charge on any atom is 0.213 e. The highest BCUT2D eigenvalue weighted by atomic mass is 32.2. The maximum absolute atomic E-state index is 12.6. The highest BCUT2D eigenvalue weighted by Crippen LogP contribution is 2.36. The summed E-state index contributed by atoms with van der Waals surface area (Å²) in [5.41, 5.74) is 1.38. The van der Waals surface area contributed by atoms with Gasteiger partial charge in [0.2, 0.25) is 5.95 Å². The van der Waals surface area contributed by atoms with Gasteiger partial charge in [0.1, 0.15) is 12.4 Å². The Morgan fingerprint density at radius 2 is 2.17 bits per heavy atom. The van der Waals surface area contributed by atoms with Crippen LogP contribution >= 0.6 is 11.8 Å². The molecule has 4 heteroatoms. The highest BCUT2D eigenvalue weighted by molar-refractivity contribution is 8.00. The molecule has 92 valence electrons. The van der Waals surface area contributed by atoms with E-state index in [2.05, 4.69) is 29.2 Å². The predicted molar refractivity (Wildman–Crippen MR) is 69.5 cm³/mol. The third-order valence-corrected chi connectivity index (χ3v) is 4.14. The first-order valence-corrected chi connectivity index (χ1v) is 6.68. The zero-order chi connectivity index (χ0) is 12.4. The molecule has 0 fully saturated rings. The van der Waals surface area contributed by atoms with E-state index in [0.717, 1.165) is 6.42 Å². The first-order valence-electron chi connectivity index (χ1n) is 5.80. The summed E-state index contributed by atoms with van der Waals surface area (Å²) in [6.45, 7) is 0.618.